The van der Waals surface area contributed by atoms with Gasteiger partial charge in [-0.3, -0.25) is 4.79 Å². The topological polar surface area (TPSA) is 47.6 Å². The van der Waals surface area contributed by atoms with Crippen LogP contribution in [0.25, 0.3) is 0 Å². The van der Waals surface area contributed by atoms with Crippen LogP contribution in [0.3, 0.4) is 0 Å². The number of carbonyl (C=O) groups excluding carboxylic acids is 1. The van der Waals surface area contributed by atoms with Gasteiger partial charge in [-0.1, -0.05) is 12.1 Å². The molecular formula is C14H21NO3. The van der Waals surface area contributed by atoms with Gasteiger partial charge in [0.25, 0.3) is 0 Å². The minimum absolute atomic E-state index is 0.178. The quantitative estimate of drug-likeness (QED) is 0.595. The summed E-state index contributed by atoms with van der Waals surface area (Å²) >= 11 is 0. The van der Waals surface area contributed by atoms with E-state index in [1.165, 1.54) is 6.92 Å². The molecule has 4 heteroatoms. The zero-order valence-electron chi connectivity index (χ0n) is 11.2. The number of benzene rings is 1. The molecule has 0 aliphatic rings. The van der Waals surface area contributed by atoms with Gasteiger partial charge in [0, 0.05) is 20.0 Å². The molecule has 18 heavy (non-hydrogen) atoms. The van der Waals surface area contributed by atoms with Gasteiger partial charge in [-0.15, -0.1) is 0 Å². The lowest BCUT2D eigenvalue weighted by molar-refractivity contribution is -0.140. The predicted octanol–water partition coefficient (Wildman–Crippen LogP) is 2.13. The third-order valence-corrected chi connectivity index (χ3v) is 2.18. The zero-order valence-corrected chi connectivity index (χ0v) is 11.2. The van der Waals surface area contributed by atoms with E-state index in [1.54, 1.807) is 0 Å². The van der Waals surface area contributed by atoms with Gasteiger partial charge in [-0.25, -0.2) is 0 Å². The summed E-state index contributed by atoms with van der Waals surface area (Å²) in [5.74, 6) is 0.633. The summed E-state index contributed by atoms with van der Waals surface area (Å²) < 4.78 is 10.4. The van der Waals surface area contributed by atoms with E-state index in [1.807, 2.05) is 38.1 Å². The van der Waals surface area contributed by atoms with Gasteiger partial charge >= 0.3 is 5.97 Å². The average Bonchev–Trinajstić information content (AvgIpc) is 2.27. The molecule has 0 aliphatic carbocycles. The van der Waals surface area contributed by atoms with Gasteiger partial charge in [0.2, 0.25) is 0 Å². The first-order valence-electron chi connectivity index (χ1n) is 6.17. The minimum Gasteiger partial charge on any atom is -0.491 e. The van der Waals surface area contributed by atoms with Crippen LogP contribution in [0, 0.1) is 0 Å². The Kier molecular flexibility index (Phi) is 6.22. The van der Waals surface area contributed by atoms with E-state index in [9.17, 15) is 4.79 Å². The van der Waals surface area contributed by atoms with Crippen LogP contribution in [0.15, 0.2) is 24.3 Å². The van der Waals surface area contributed by atoms with E-state index in [-0.39, 0.29) is 12.1 Å². The van der Waals surface area contributed by atoms with Crippen molar-refractivity contribution < 1.29 is 14.3 Å². The monoisotopic (exact) mass is 251 g/mol. The molecule has 1 N–H and O–H groups in total. The summed E-state index contributed by atoms with van der Waals surface area (Å²) in [7, 11) is 0. The maximum absolute atomic E-state index is 10.6. The predicted molar refractivity (Wildman–Crippen MR) is 70.5 cm³/mol. The van der Waals surface area contributed by atoms with E-state index in [4.69, 9.17) is 9.47 Å². The second-order valence-electron chi connectivity index (χ2n) is 4.33. The van der Waals surface area contributed by atoms with E-state index in [0.29, 0.717) is 13.2 Å². The molecule has 0 atom stereocenters. The van der Waals surface area contributed by atoms with Crippen molar-refractivity contribution in [1.82, 2.24) is 5.32 Å². The Morgan fingerprint density at radius 2 is 2.17 bits per heavy atom. The van der Waals surface area contributed by atoms with Crippen LogP contribution < -0.4 is 10.1 Å². The summed E-state index contributed by atoms with van der Waals surface area (Å²) in [5.41, 5.74) is 1.15. The minimum atomic E-state index is -0.246. The highest BCUT2D eigenvalue weighted by Crippen LogP contribution is 2.14. The molecule has 0 spiro atoms. The Morgan fingerprint density at radius 1 is 1.39 bits per heavy atom. The Labute approximate surface area is 108 Å². The van der Waals surface area contributed by atoms with E-state index in [2.05, 4.69) is 5.32 Å². The number of rotatable bonds is 7. The van der Waals surface area contributed by atoms with Crippen molar-refractivity contribution in [3.05, 3.63) is 29.8 Å². The molecule has 0 heterocycles. The third-order valence-electron chi connectivity index (χ3n) is 2.18. The molecule has 0 saturated carbocycles. The summed E-state index contributed by atoms with van der Waals surface area (Å²) in [6, 6.07) is 7.97. The highest BCUT2D eigenvalue weighted by molar-refractivity contribution is 5.65. The number of hydrogen-bond acceptors (Lipinski definition) is 4. The van der Waals surface area contributed by atoms with Crippen LogP contribution in [0.5, 0.6) is 5.75 Å². The van der Waals surface area contributed by atoms with E-state index in [0.717, 1.165) is 17.9 Å². The Hall–Kier alpha value is -1.55. The van der Waals surface area contributed by atoms with Gasteiger partial charge in [-0.2, -0.15) is 0 Å². The lowest BCUT2D eigenvalue weighted by Crippen LogP contribution is -2.20. The van der Waals surface area contributed by atoms with Crippen molar-refractivity contribution in [1.29, 1.82) is 0 Å². The molecule has 1 rings (SSSR count). The standard InChI is InChI=1S/C14H21NO3/c1-11(2)18-14-6-4-5-13(9-14)10-15-7-8-17-12(3)16/h4-6,9,11,15H,7-8,10H2,1-3H3. The normalized spacial score (nSPS) is 10.4. The second-order valence-corrected chi connectivity index (χ2v) is 4.33. The highest BCUT2D eigenvalue weighted by Gasteiger charge is 1.99. The average molecular weight is 251 g/mol. The molecule has 1 aromatic carbocycles. The van der Waals surface area contributed by atoms with Crippen LogP contribution in [0.1, 0.15) is 26.3 Å². The summed E-state index contributed by atoms with van der Waals surface area (Å²) in [6.07, 6.45) is 0.178. The molecule has 0 amide bonds. The SMILES string of the molecule is CC(=O)OCCNCc1cccc(OC(C)C)c1. The van der Waals surface area contributed by atoms with Crippen molar-refractivity contribution in [2.45, 2.75) is 33.4 Å². The zero-order chi connectivity index (χ0) is 13.4. The summed E-state index contributed by atoms with van der Waals surface area (Å²) in [6.45, 7) is 7.20. The van der Waals surface area contributed by atoms with Crippen molar-refractivity contribution >= 4 is 5.97 Å². The molecule has 4 nitrogen and oxygen atoms in total. The number of ether oxygens (including phenoxy) is 2. The van der Waals surface area contributed by atoms with Crippen LogP contribution >= 0.6 is 0 Å². The first kappa shape index (κ1) is 14.5. The van der Waals surface area contributed by atoms with Gasteiger partial charge in [0.15, 0.2) is 0 Å². The molecule has 0 bridgehead atoms. The van der Waals surface area contributed by atoms with Gasteiger partial charge in [0.05, 0.1) is 6.10 Å². The lowest BCUT2D eigenvalue weighted by atomic mass is 10.2. The lowest BCUT2D eigenvalue weighted by Gasteiger charge is -2.11. The van der Waals surface area contributed by atoms with Gasteiger partial charge in [0.1, 0.15) is 12.4 Å². The first-order valence-corrected chi connectivity index (χ1v) is 6.17. The molecule has 100 valence electrons. The molecule has 0 aromatic heterocycles. The Morgan fingerprint density at radius 3 is 2.83 bits per heavy atom. The van der Waals surface area contributed by atoms with Crippen molar-refractivity contribution in [2.75, 3.05) is 13.2 Å². The molecule has 0 unspecified atom stereocenters. The number of carbonyl (C=O) groups is 1. The maximum Gasteiger partial charge on any atom is 0.302 e. The number of esters is 1. The fraction of sp³-hybridized carbons (Fsp3) is 0.500. The van der Waals surface area contributed by atoms with E-state index >= 15 is 0 Å². The molecule has 1 aromatic rings. The Bertz CT molecular complexity index is 377. The molecule has 0 fully saturated rings. The number of hydrogen-bond donors (Lipinski definition) is 1. The van der Waals surface area contributed by atoms with E-state index < -0.39 is 0 Å². The van der Waals surface area contributed by atoms with Crippen molar-refractivity contribution in [3.63, 3.8) is 0 Å². The smallest absolute Gasteiger partial charge is 0.302 e. The fourth-order valence-corrected chi connectivity index (χ4v) is 1.50. The maximum atomic E-state index is 10.6. The molecule has 0 aliphatic heterocycles. The fourth-order valence-electron chi connectivity index (χ4n) is 1.50. The van der Waals surface area contributed by atoms with Crippen LogP contribution in [-0.2, 0) is 16.1 Å². The second kappa shape index (κ2) is 7.71. The van der Waals surface area contributed by atoms with Crippen LogP contribution in [-0.4, -0.2) is 25.2 Å². The largest absolute Gasteiger partial charge is 0.491 e. The first-order chi connectivity index (χ1) is 8.58. The Balaban J connectivity index is 2.31. The van der Waals surface area contributed by atoms with Crippen molar-refractivity contribution in [2.24, 2.45) is 0 Å². The van der Waals surface area contributed by atoms with Crippen LogP contribution in [0.2, 0.25) is 0 Å². The van der Waals surface area contributed by atoms with Crippen molar-refractivity contribution in [3.8, 4) is 5.75 Å². The number of nitrogens with one attached hydrogen (secondary N) is 1. The van der Waals surface area contributed by atoms with Crippen LogP contribution in [0.4, 0.5) is 0 Å². The van der Waals surface area contributed by atoms with Gasteiger partial charge in [-0.05, 0) is 31.5 Å². The summed E-state index contributed by atoms with van der Waals surface area (Å²) in [5, 5.41) is 3.20. The molecule has 0 saturated heterocycles. The third kappa shape index (κ3) is 6.25. The molecule has 0 radical (unpaired) electrons. The summed E-state index contributed by atoms with van der Waals surface area (Å²) in [4.78, 5) is 10.6. The molecular weight excluding hydrogens is 230 g/mol. The van der Waals surface area contributed by atoms with Gasteiger partial charge < -0.3 is 14.8 Å². The highest BCUT2D eigenvalue weighted by atomic mass is 16.5.